The van der Waals surface area contributed by atoms with E-state index in [1.165, 1.54) is 22.3 Å². The minimum absolute atomic E-state index is 0.430. The summed E-state index contributed by atoms with van der Waals surface area (Å²) < 4.78 is 1.61. The summed E-state index contributed by atoms with van der Waals surface area (Å²) in [6, 6.07) is 13.0. The van der Waals surface area contributed by atoms with E-state index in [-0.39, 0.29) is 0 Å². The number of hydrogen-bond acceptors (Lipinski definition) is 7. The van der Waals surface area contributed by atoms with Gasteiger partial charge in [0.2, 0.25) is 0 Å². The second-order valence-corrected chi connectivity index (χ2v) is 10.6. The van der Waals surface area contributed by atoms with Crippen molar-refractivity contribution in [2.75, 3.05) is 17.3 Å². The Hall–Kier alpha value is -4.51. The van der Waals surface area contributed by atoms with Gasteiger partial charge in [0.05, 0.1) is 5.69 Å². The predicted molar refractivity (Wildman–Crippen MR) is 163 cm³/mol. The van der Waals surface area contributed by atoms with Crippen molar-refractivity contribution in [3.63, 3.8) is 0 Å². The molecule has 0 bridgehead atoms. The molecule has 0 aliphatic heterocycles. The van der Waals surface area contributed by atoms with Crippen LogP contribution >= 0.6 is 0 Å². The maximum atomic E-state index is 9.76. The molecule has 0 amide bonds. The van der Waals surface area contributed by atoms with Crippen LogP contribution in [0.2, 0.25) is 0 Å². The Morgan fingerprint density at radius 3 is 2.00 bits per heavy atom. The number of anilines is 4. The highest BCUT2D eigenvalue weighted by atomic mass is 15.3. The van der Waals surface area contributed by atoms with Gasteiger partial charge in [-0.15, -0.1) is 10.2 Å². The van der Waals surface area contributed by atoms with Crippen LogP contribution in [-0.2, 0) is 13.5 Å². The average Bonchev–Trinajstić information content (AvgIpc) is 3.18. The minimum Gasteiger partial charge on any atom is -0.338 e. The van der Waals surface area contributed by atoms with Crippen LogP contribution in [-0.4, -0.2) is 21.8 Å². The lowest BCUT2D eigenvalue weighted by atomic mass is 10.0. The first-order chi connectivity index (χ1) is 18.9. The molecular weight excluding hydrogens is 496 g/mol. The van der Waals surface area contributed by atoms with E-state index < -0.39 is 0 Å². The molecule has 206 valence electrons. The van der Waals surface area contributed by atoms with E-state index in [4.69, 9.17) is 4.98 Å². The smallest absolute Gasteiger partial charge is 0.191 e. The quantitative estimate of drug-likeness (QED) is 0.240. The lowest BCUT2D eigenvalue weighted by molar-refractivity contribution is 0.743. The number of benzene rings is 2. The third kappa shape index (κ3) is 5.46. The van der Waals surface area contributed by atoms with Crippen LogP contribution < -0.4 is 10.2 Å². The Kier molecular flexibility index (Phi) is 8.06. The highest BCUT2D eigenvalue weighted by molar-refractivity contribution is 5.78. The van der Waals surface area contributed by atoms with Gasteiger partial charge in [-0.05, 0) is 88.8 Å². The van der Waals surface area contributed by atoms with Gasteiger partial charge in [0, 0.05) is 25.5 Å². The van der Waals surface area contributed by atoms with Crippen molar-refractivity contribution < 1.29 is 0 Å². The standard InChI is InChI=1S/C32H38N8/c1-11-26-25(17-33)32(40(10)38-26)37-36-29-22(6)16-27(39(9)30-23(7)14-19(3)15-24(30)8)34-31(29)35-28-20(4)12-18(2)13-21(28)5/h12-16H,11H2,1-10H3,(H,34,35). The zero-order chi connectivity index (χ0) is 29.3. The van der Waals surface area contributed by atoms with Crippen LogP contribution in [0.15, 0.2) is 40.6 Å². The van der Waals surface area contributed by atoms with Gasteiger partial charge in [0.15, 0.2) is 11.6 Å². The summed E-state index contributed by atoms with van der Waals surface area (Å²) in [4.78, 5) is 7.21. The van der Waals surface area contributed by atoms with Crippen LogP contribution in [0, 0.1) is 59.8 Å². The van der Waals surface area contributed by atoms with Crippen molar-refractivity contribution in [3.8, 4) is 6.07 Å². The number of hydrogen-bond donors (Lipinski definition) is 1. The normalized spacial score (nSPS) is 11.2. The second kappa shape index (κ2) is 11.3. The van der Waals surface area contributed by atoms with Crippen molar-refractivity contribution >= 4 is 34.5 Å². The van der Waals surface area contributed by atoms with Crippen LogP contribution in [0.3, 0.4) is 0 Å². The maximum absolute atomic E-state index is 9.76. The third-order valence-electron chi connectivity index (χ3n) is 7.19. The maximum Gasteiger partial charge on any atom is 0.191 e. The number of azo groups is 1. The van der Waals surface area contributed by atoms with Gasteiger partial charge in [0.1, 0.15) is 23.1 Å². The van der Waals surface area contributed by atoms with Gasteiger partial charge in [-0.1, -0.05) is 42.3 Å². The van der Waals surface area contributed by atoms with Crippen molar-refractivity contribution in [2.45, 2.75) is 61.8 Å². The molecule has 0 saturated heterocycles. The monoisotopic (exact) mass is 534 g/mol. The number of nitriles is 1. The van der Waals surface area contributed by atoms with E-state index in [2.05, 4.69) is 97.4 Å². The number of aromatic nitrogens is 3. The molecule has 0 fully saturated rings. The zero-order valence-corrected chi connectivity index (χ0v) is 25.2. The molecule has 8 heteroatoms. The number of pyridine rings is 1. The van der Waals surface area contributed by atoms with Gasteiger partial charge < -0.3 is 10.2 Å². The second-order valence-electron chi connectivity index (χ2n) is 10.6. The Bertz CT molecular complexity index is 1620. The molecule has 2 aromatic heterocycles. The van der Waals surface area contributed by atoms with E-state index in [1.807, 2.05) is 27.0 Å². The molecule has 0 atom stereocenters. The summed E-state index contributed by atoms with van der Waals surface area (Å²) in [6.07, 6.45) is 0.643. The summed E-state index contributed by atoms with van der Waals surface area (Å²) in [6.45, 7) is 16.6. The van der Waals surface area contributed by atoms with E-state index >= 15 is 0 Å². The molecule has 0 aliphatic carbocycles. The van der Waals surface area contributed by atoms with Crippen LogP contribution in [0.25, 0.3) is 0 Å². The molecule has 0 radical (unpaired) electrons. The summed E-state index contributed by atoms with van der Waals surface area (Å²) in [7, 11) is 3.82. The number of aryl methyl sites for hydroxylation is 9. The Morgan fingerprint density at radius 1 is 0.875 bits per heavy atom. The first kappa shape index (κ1) is 28.5. The molecule has 0 saturated carbocycles. The van der Waals surface area contributed by atoms with Crippen LogP contribution in [0.5, 0.6) is 0 Å². The van der Waals surface area contributed by atoms with Gasteiger partial charge >= 0.3 is 0 Å². The minimum atomic E-state index is 0.430. The molecule has 4 rings (SSSR count). The van der Waals surface area contributed by atoms with Crippen LogP contribution in [0.4, 0.5) is 34.5 Å². The zero-order valence-electron chi connectivity index (χ0n) is 25.2. The van der Waals surface area contributed by atoms with Crippen molar-refractivity contribution in [2.24, 2.45) is 17.3 Å². The number of nitrogens with one attached hydrogen (secondary N) is 1. The molecule has 40 heavy (non-hydrogen) atoms. The molecule has 0 spiro atoms. The topological polar surface area (TPSA) is 94.5 Å². The molecular formula is C32H38N8. The van der Waals surface area contributed by atoms with E-state index in [0.717, 1.165) is 33.9 Å². The fraction of sp³-hybridized carbons (Fsp3) is 0.344. The van der Waals surface area contributed by atoms with Crippen molar-refractivity contribution in [1.82, 2.24) is 14.8 Å². The summed E-state index contributed by atoms with van der Waals surface area (Å²) in [5, 5.41) is 27.0. The lowest BCUT2D eigenvalue weighted by Gasteiger charge is -2.25. The fourth-order valence-electron chi connectivity index (χ4n) is 5.49. The number of nitrogens with zero attached hydrogens (tertiary/aromatic N) is 7. The molecule has 4 aromatic rings. The largest absolute Gasteiger partial charge is 0.338 e. The SMILES string of the molecule is CCc1nn(C)c(N=Nc2c(C)cc(N(C)c3c(C)cc(C)cc3C)nc2Nc2c(C)cc(C)cc2C)c1C#N. The van der Waals surface area contributed by atoms with Crippen molar-refractivity contribution in [3.05, 3.63) is 80.5 Å². The lowest BCUT2D eigenvalue weighted by Crippen LogP contribution is -2.15. The average molecular weight is 535 g/mol. The van der Waals surface area contributed by atoms with E-state index in [0.29, 0.717) is 35.0 Å². The van der Waals surface area contributed by atoms with Gasteiger partial charge in [-0.2, -0.15) is 10.4 Å². The summed E-state index contributed by atoms with van der Waals surface area (Å²) in [5.41, 5.74) is 11.8. The molecule has 0 unspecified atom stereocenters. The van der Waals surface area contributed by atoms with Crippen molar-refractivity contribution in [1.29, 1.82) is 5.26 Å². The number of rotatable bonds is 7. The van der Waals surface area contributed by atoms with E-state index in [1.54, 1.807) is 11.7 Å². The first-order valence-electron chi connectivity index (χ1n) is 13.5. The van der Waals surface area contributed by atoms with E-state index in [9.17, 15) is 5.26 Å². The Labute approximate surface area is 237 Å². The third-order valence-corrected chi connectivity index (χ3v) is 7.19. The van der Waals surface area contributed by atoms with Crippen LogP contribution in [0.1, 0.15) is 57.1 Å². The highest BCUT2D eigenvalue weighted by Crippen LogP contribution is 2.39. The molecule has 8 nitrogen and oxygen atoms in total. The summed E-state index contributed by atoms with van der Waals surface area (Å²) >= 11 is 0. The molecule has 1 N–H and O–H groups in total. The van der Waals surface area contributed by atoms with Gasteiger partial charge in [-0.25, -0.2) is 9.67 Å². The molecule has 0 aliphatic rings. The highest BCUT2D eigenvalue weighted by Gasteiger charge is 2.19. The molecule has 2 aromatic carbocycles. The van der Waals surface area contributed by atoms with Gasteiger partial charge in [0.25, 0.3) is 0 Å². The fourth-order valence-corrected chi connectivity index (χ4v) is 5.49. The summed E-state index contributed by atoms with van der Waals surface area (Å²) in [5.74, 6) is 1.82. The Balaban J connectivity index is 1.89. The first-order valence-corrected chi connectivity index (χ1v) is 13.5. The Morgan fingerprint density at radius 2 is 1.45 bits per heavy atom. The molecule has 2 heterocycles. The van der Waals surface area contributed by atoms with Gasteiger partial charge in [-0.3, -0.25) is 0 Å². The predicted octanol–water partition coefficient (Wildman–Crippen LogP) is 8.34.